The Morgan fingerprint density at radius 1 is 1.06 bits per heavy atom. The molecular formula is C35H35ClF3N9O2. The molecule has 1 N–H and O–H groups in total. The van der Waals surface area contributed by atoms with Crippen LogP contribution in [-0.4, -0.2) is 84.7 Å². The number of aromatic amines is 1. The highest BCUT2D eigenvalue weighted by Crippen LogP contribution is 2.60. The Morgan fingerprint density at radius 2 is 1.94 bits per heavy atom. The van der Waals surface area contributed by atoms with Crippen LogP contribution in [0.1, 0.15) is 68.7 Å². The predicted octanol–water partition coefficient (Wildman–Crippen LogP) is 6.43. The first-order valence-corrected chi connectivity index (χ1v) is 17.9. The smallest absolute Gasteiger partial charge is 0.319 e. The van der Waals surface area contributed by atoms with Gasteiger partial charge in [0.15, 0.2) is 11.5 Å². The molecule has 12 rings (SSSR count). The highest BCUT2D eigenvalue weighted by atomic mass is 35.5. The van der Waals surface area contributed by atoms with Crippen molar-refractivity contribution in [2.45, 2.75) is 81.6 Å². The van der Waals surface area contributed by atoms with E-state index in [1.54, 1.807) is 18.5 Å². The topological polar surface area (TPSA) is 122 Å². The number of hydrogen-bond acceptors (Lipinski definition) is 10. The van der Waals surface area contributed by atoms with Crippen molar-refractivity contribution in [1.82, 2.24) is 40.2 Å². The number of pyridine rings is 1. The normalized spacial score (nSPS) is 29.3. The van der Waals surface area contributed by atoms with Gasteiger partial charge in [-0.2, -0.15) is 15.1 Å². The van der Waals surface area contributed by atoms with E-state index < -0.39 is 23.2 Å². The highest BCUT2D eigenvalue weighted by molar-refractivity contribution is 6.33. The minimum absolute atomic E-state index is 0.0210. The van der Waals surface area contributed by atoms with E-state index >= 15 is 8.78 Å². The molecule has 7 aliphatic rings. The van der Waals surface area contributed by atoms with Gasteiger partial charge in [-0.15, -0.1) is 10.2 Å². The largest absolute Gasteiger partial charge is 0.461 e. The molecule has 9 bridgehead atoms. The quantitative estimate of drug-likeness (QED) is 0.225. The summed E-state index contributed by atoms with van der Waals surface area (Å²) in [4.78, 5) is 18.5. The van der Waals surface area contributed by atoms with Crippen molar-refractivity contribution in [1.29, 1.82) is 0 Å². The highest BCUT2D eigenvalue weighted by Gasteiger charge is 2.60. The number of nitrogens with one attached hydrogen (secondary N) is 1. The van der Waals surface area contributed by atoms with Crippen molar-refractivity contribution < 1.29 is 22.3 Å². The molecule has 15 heteroatoms. The fraction of sp³-hybridized carbons (Fsp3) is 0.543. The fourth-order valence-electron chi connectivity index (χ4n) is 9.68. The number of hydrogen-bond donors (Lipinski definition) is 1. The van der Waals surface area contributed by atoms with Gasteiger partial charge in [-0.1, -0.05) is 11.6 Å². The van der Waals surface area contributed by atoms with E-state index in [9.17, 15) is 4.39 Å². The first-order valence-electron chi connectivity index (χ1n) is 17.5. The van der Waals surface area contributed by atoms with Crippen LogP contribution in [0.3, 0.4) is 0 Å². The van der Waals surface area contributed by atoms with Crippen LogP contribution < -0.4 is 9.64 Å². The molecule has 260 valence electrons. The lowest BCUT2D eigenvalue weighted by Gasteiger charge is -2.54. The molecule has 6 aliphatic heterocycles. The predicted molar refractivity (Wildman–Crippen MR) is 178 cm³/mol. The average Bonchev–Trinajstić information content (AvgIpc) is 3.88. The molecule has 0 radical (unpaired) electrons. The molecule has 50 heavy (non-hydrogen) atoms. The first-order chi connectivity index (χ1) is 24.2. The summed E-state index contributed by atoms with van der Waals surface area (Å²) in [6.07, 6.45) is 7.98. The van der Waals surface area contributed by atoms with Crippen molar-refractivity contribution in [3.63, 3.8) is 0 Å². The molecule has 5 aromatic rings. The second kappa shape index (κ2) is 11.0. The molecule has 1 aliphatic carbocycles. The van der Waals surface area contributed by atoms with Crippen molar-refractivity contribution in [3.8, 4) is 17.3 Å². The van der Waals surface area contributed by atoms with Gasteiger partial charge in [-0.3, -0.25) is 15.0 Å². The number of piperidine rings is 1. The fourth-order valence-corrected chi connectivity index (χ4v) is 9.98. The molecule has 0 unspecified atom stereocenters. The van der Waals surface area contributed by atoms with Crippen LogP contribution in [-0.2, 0) is 18.5 Å². The Morgan fingerprint density at radius 3 is 2.84 bits per heavy atom. The van der Waals surface area contributed by atoms with Gasteiger partial charge in [0.05, 0.1) is 22.6 Å². The molecule has 10 heterocycles. The Bertz CT molecular complexity index is 2170. The molecule has 1 aromatic carbocycles. The maximum atomic E-state index is 17.2. The van der Waals surface area contributed by atoms with Crippen LogP contribution in [0.25, 0.3) is 33.1 Å². The van der Waals surface area contributed by atoms with Crippen LogP contribution in [0.2, 0.25) is 5.02 Å². The number of H-pyrrole nitrogens is 1. The minimum atomic E-state index is -1.71. The molecule has 3 saturated heterocycles. The summed E-state index contributed by atoms with van der Waals surface area (Å²) in [7, 11) is 0. The van der Waals surface area contributed by atoms with E-state index in [4.69, 9.17) is 30.7 Å². The zero-order valence-electron chi connectivity index (χ0n) is 27.3. The van der Waals surface area contributed by atoms with Gasteiger partial charge >= 0.3 is 6.01 Å². The van der Waals surface area contributed by atoms with E-state index in [0.717, 1.165) is 32.2 Å². The van der Waals surface area contributed by atoms with Gasteiger partial charge in [-0.25, -0.2) is 13.2 Å². The van der Waals surface area contributed by atoms with Gasteiger partial charge in [0.25, 0.3) is 5.89 Å². The van der Waals surface area contributed by atoms with Crippen LogP contribution in [0, 0.1) is 11.2 Å². The third-order valence-corrected chi connectivity index (χ3v) is 12.2. The lowest BCUT2D eigenvalue weighted by Crippen LogP contribution is -2.56. The lowest BCUT2D eigenvalue weighted by molar-refractivity contribution is -0.0963. The Balaban J connectivity index is 1.14. The Kier molecular flexibility index (Phi) is 6.75. The molecule has 11 nitrogen and oxygen atoms in total. The number of aryl methyl sites for hydroxylation is 1. The molecule has 0 amide bonds. The average molecular weight is 706 g/mol. The number of halogens is 4. The third kappa shape index (κ3) is 4.66. The van der Waals surface area contributed by atoms with Crippen LogP contribution in [0.15, 0.2) is 22.9 Å². The molecule has 4 aromatic heterocycles. The first kappa shape index (κ1) is 30.8. The summed E-state index contributed by atoms with van der Waals surface area (Å²) in [6, 6.07) is 1.79. The molecule has 1 spiro atoms. The second-order valence-corrected chi connectivity index (χ2v) is 15.5. The number of fused-ring (bicyclic) bond motifs is 2. The van der Waals surface area contributed by atoms with E-state index in [-0.39, 0.29) is 48.0 Å². The molecule has 4 fully saturated rings. The summed E-state index contributed by atoms with van der Waals surface area (Å²) in [5.41, 5.74) is -0.505. The van der Waals surface area contributed by atoms with Gasteiger partial charge in [-0.05, 0) is 75.0 Å². The SMILES string of the molecule is Fc1c2ncc3c(nc(OC[C@@]45CCCN4C[C@H](F)C5)nc13)N1CCCC3(C1)CC(F)(C3)c1nnc(o1)CCCc1c(Cl)cc3[nH]ncc3c1-2. The van der Waals surface area contributed by atoms with E-state index in [2.05, 4.69) is 35.2 Å². The monoisotopic (exact) mass is 705 g/mol. The lowest BCUT2D eigenvalue weighted by atomic mass is 9.56. The summed E-state index contributed by atoms with van der Waals surface area (Å²) < 4.78 is 60.4. The number of alkyl halides is 2. The summed E-state index contributed by atoms with van der Waals surface area (Å²) >= 11 is 6.87. The zero-order chi connectivity index (χ0) is 33.8. The number of anilines is 1. The summed E-state index contributed by atoms with van der Waals surface area (Å²) in [6.45, 7) is 2.54. The maximum absolute atomic E-state index is 17.2. The van der Waals surface area contributed by atoms with E-state index in [1.807, 2.05) is 0 Å². The molecule has 2 atom stereocenters. The number of ether oxygens (including phenoxy) is 1. The maximum Gasteiger partial charge on any atom is 0.319 e. The molecular weight excluding hydrogens is 671 g/mol. The number of rotatable bonds is 3. The van der Waals surface area contributed by atoms with Crippen molar-refractivity contribution in [3.05, 3.63) is 46.6 Å². The van der Waals surface area contributed by atoms with Crippen molar-refractivity contribution >= 4 is 39.2 Å². The van der Waals surface area contributed by atoms with Crippen molar-refractivity contribution in [2.75, 3.05) is 37.7 Å². The Labute approximate surface area is 290 Å². The third-order valence-electron chi connectivity index (χ3n) is 11.8. The number of benzene rings is 1. The number of aromatic nitrogens is 7. The van der Waals surface area contributed by atoms with Crippen LogP contribution in [0.4, 0.5) is 19.0 Å². The van der Waals surface area contributed by atoms with Gasteiger partial charge < -0.3 is 14.1 Å². The van der Waals surface area contributed by atoms with Crippen LogP contribution in [0.5, 0.6) is 6.01 Å². The van der Waals surface area contributed by atoms with Crippen molar-refractivity contribution in [2.24, 2.45) is 5.41 Å². The van der Waals surface area contributed by atoms with Gasteiger partial charge in [0.2, 0.25) is 5.89 Å². The summed E-state index contributed by atoms with van der Waals surface area (Å²) in [5, 5.41) is 17.0. The standard InChI is InChI=1S/C35H35ClF3N9O2/c36-23-10-24-21(13-41-44-24)26-20(23)4-1-5-25-45-46-31(50-25)35(39)15-33(16-35)6-2-8-47(17-33)30-22-12-40-29(26)27(38)28(22)42-32(43-30)49-18-34-7-3-9-48(34)14-19(37)11-34/h10,12-13,19H,1-9,11,14-18H2,(H,41,44)/t19-,33?,34+,35?/m1/s1. The summed E-state index contributed by atoms with van der Waals surface area (Å²) in [5.74, 6) is 0.231. The van der Waals surface area contributed by atoms with E-state index in [1.165, 1.54) is 0 Å². The van der Waals surface area contributed by atoms with E-state index in [0.29, 0.717) is 89.5 Å². The number of nitrogens with zero attached hydrogens (tertiary/aromatic N) is 8. The Hall–Kier alpha value is -4.04. The minimum Gasteiger partial charge on any atom is -0.461 e. The second-order valence-electron chi connectivity index (χ2n) is 15.1. The van der Waals surface area contributed by atoms with Gasteiger partial charge in [0.1, 0.15) is 29.8 Å². The zero-order valence-corrected chi connectivity index (χ0v) is 28.1. The van der Waals surface area contributed by atoms with Crippen LogP contribution >= 0.6 is 11.6 Å². The molecule has 1 saturated carbocycles. The van der Waals surface area contributed by atoms with Gasteiger partial charge in [0, 0.05) is 54.6 Å².